The molecule has 5 nitrogen and oxygen atoms in total. The number of hydrogen-bond donors (Lipinski definition) is 1. The summed E-state index contributed by atoms with van der Waals surface area (Å²) in [5, 5.41) is 11.3. The van der Waals surface area contributed by atoms with Crippen molar-refractivity contribution >= 4 is 29.3 Å². The highest BCUT2D eigenvalue weighted by atomic mass is 32.2. The Kier molecular flexibility index (Phi) is 7.33. The fraction of sp³-hybridized carbons (Fsp3) is 0.400. The molecule has 1 aromatic carbocycles. The van der Waals surface area contributed by atoms with Crippen molar-refractivity contribution in [3.05, 3.63) is 29.8 Å². The van der Waals surface area contributed by atoms with Gasteiger partial charge in [-0.1, -0.05) is 12.1 Å². The Balaban J connectivity index is 2.27. The van der Waals surface area contributed by atoms with Gasteiger partial charge in [-0.2, -0.15) is 5.26 Å². The number of aryl methyl sites for hydroxylation is 1. The summed E-state index contributed by atoms with van der Waals surface area (Å²) >= 11 is 1.27. The van der Waals surface area contributed by atoms with Gasteiger partial charge in [-0.05, 0) is 24.6 Å². The van der Waals surface area contributed by atoms with Crippen LogP contribution in [0, 0.1) is 18.3 Å². The van der Waals surface area contributed by atoms with Crippen molar-refractivity contribution in [3.8, 4) is 6.07 Å². The van der Waals surface area contributed by atoms with Gasteiger partial charge in [0.2, 0.25) is 11.8 Å². The van der Waals surface area contributed by atoms with Gasteiger partial charge in [-0.3, -0.25) is 9.59 Å². The Labute approximate surface area is 129 Å². The first-order chi connectivity index (χ1) is 10.0. The minimum atomic E-state index is -0.127. The SMILES string of the molecule is Cc1cccc(NC(=O)CSCC(=O)N(C)CCC#N)c1. The van der Waals surface area contributed by atoms with E-state index in [1.807, 2.05) is 37.3 Å². The number of anilines is 1. The van der Waals surface area contributed by atoms with Crippen molar-refractivity contribution < 1.29 is 9.59 Å². The molecule has 0 aromatic heterocycles. The van der Waals surface area contributed by atoms with Gasteiger partial charge in [0.25, 0.3) is 0 Å². The van der Waals surface area contributed by atoms with Crippen molar-refractivity contribution in [1.29, 1.82) is 5.26 Å². The largest absolute Gasteiger partial charge is 0.344 e. The van der Waals surface area contributed by atoms with E-state index in [9.17, 15) is 9.59 Å². The van der Waals surface area contributed by atoms with Crippen LogP contribution in [0.15, 0.2) is 24.3 Å². The number of nitriles is 1. The number of amides is 2. The number of carbonyl (C=O) groups is 2. The zero-order chi connectivity index (χ0) is 15.7. The molecule has 2 amide bonds. The van der Waals surface area contributed by atoms with E-state index < -0.39 is 0 Å². The summed E-state index contributed by atoms with van der Waals surface area (Å²) in [5.41, 5.74) is 1.84. The minimum Gasteiger partial charge on any atom is -0.344 e. The molecule has 6 heteroatoms. The molecular weight excluding hydrogens is 286 g/mol. The number of carbonyl (C=O) groups excluding carboxylic acids is 2. The van der Waals surface area contributed by atoms with Gasteiger partial charge in [0.05, 0.1) is 24.0 Å². The van der Waals surface area contributed by atoms with Crippen LogP contribution in [0.3, 0.4) is 0 Å². The van der Waals surface area contributed by atoms with E-state index >= 15 is 0 Å². The van der Waals surface area contributed by atoms with Crippen LogP contribution in [0.25, 0.3) is 0 Å². The fourth-order valence-corrected chi connectivity index (χ4v) is 2.36. The second kappa shape index (κ2) is 9.03. The number of rotatable bonds is 7. The molecule has 0 aliphatic heterocycles. The molecule has 0 saturated heterocycles. The van der Waals surface area contributed by atoms with Crippen LogP contribution in [0.1, 0.15) is 12.0 Å². The van der Waals surface area contributed by atoms with Crippen molar-refractivity contribution in [3.63, 3.8) is 0 Å². The maximum absolute atomic E-state index is 11.7. The lowest BCUT2D eigenvalue weighted by Crippen LogP contribution is -2.29. The molecule has 1 aromatic rings. The maximum Gasteiger partial charge on any atom is 0.234 e. The predicted molar refractivity (Wildman–Crippen MR) is 85.0 cm³/mol. The number of nitrogens with zero attached hydrogens (tertiary/aromatic N) is 2. The zero-order valence-electron chi connectivity index (χ0n) is 12.3. The minimum absolute atomic E-state index is 0.0707. The van der Waals surface area contributed by atoms with Crippen LogP contribution < -0.4 is 5.32 Å². The smallest absolute Gasteiger partial charge is 0.234 e. The maximum atomic E-state index is 11.7. The molecule has 0 atom stereocenters. The Morgan fingerprint density at radius 1 is 1.38 bits per heavy atom. The molecule has 0 heterocycles. The lowest BCUT2D eigenvalue weighted by molar-refractivity contribution is -0.127. The van der Waals surface area contributed by atoms with E-state index in [-0.39, 0.29) is 23.3 Å². The number of thioether (sulfide) groups is 1. The van der Waals surface area contributed by atoms with Gasteiger partial charge in [-0.25, -0.2) is 0 Å². The van der Waals surface area contributed by atoms with Gasteiger partial charge in [0.1, 0.15) is 0 Å². The molecule has 0 saturated carbocycles. The van der Waals surface area contributed by atoms with Crippen LogP contribution in [0.2, 0.25) is 0 Å². The molecule has 21 heavy (non-hydrogen) atoms. The quantitative estimate of drug-likeness (QED) is 0.836. The average Bonchev–Trinajstić information content (AvgIpc) is 2.44. The first-order valence-corrected chi connectivity index (χ1v) is 7.73. The molecule has 0 unspecified atom stereocenters. The summed E-state index contributed by atoms with van der Waals surface area (Å²) in [6, 6.07) is 9.56. The summed E-state index contributed by atoms with van der Waals surface area (Å²) in [4.78, 5) is 25.0. The Morgan fingerprint density at radius 2 is 2.14 bits per heavy atom. The lowest BCUT2D eigenvalue weighted by atomic mass is 10.2. The van der Waals surface area contributed by atoms with Crippen molar-refractivity contribution in [2.45, 2.75) is 13.3 Å². The first-order valence-electron chi connectivity index (χ1n) is 6.58. The topological polar surface area (TPSA) is 73.2 Å². The van der Waals surface area contributed by atoms with Crippen molar-refractivity contribution in [1.82, 2.24) is 4.90 Å². The standard InChI is InChI=1S/C15H19N3O2S/c1-12-5-3-6-13(9-12)17-14(19)10-21-11-15(20)18(2)8-4-7-16/h3,5-6,9H,4,8,10-11H2,1-2H3,(H,17,19). The molecule has 0 fully saturated rings. The predicted octanol–water partition coefficient (Wildman–Crippen LogP) is 2.04. The van der Waals surface area contributed by atoms with E-state index in [2.05, 4.69) is 5.32 Å². The first kappa shape index (κ1) is 17.1. The van der Waals surface area contributed by atoms with Crippen LogP contribution in [-0.4, -0.2) is 41.8 Å². The van der Waals surface area contributed by atoms with Gasteiger partial charge < -0.3 is 10.2 Å². The molecule has 0 aliphatic rings. The molecule has 0 bridgehead atoms. The summed E-state index contributed by atoms with van der Waals surface area (Å²) < 4.78 is 0. The summed E-state index contributed by atoms with van der Waals surface area (Å²) in [6.45, 7) is 2.38. The third-order valence-corrected chi connectivity index (χ3v) is 3.66. The highest BCUT2D eigenvalue weighted by Crippen LogP contribution is 2.10. The second-order valence-corrected chi connectivity index (χ2v) is 5.62. The number of nitrogens with one attached hydrogen (secondary N) is 1. The molecule has 0 spiro atoms. The molecule has 112 valence electrons. The third kappa shape index (κ3) is 6.82. The summed E-state index contributed by atoms with van der Waals surface area (Å²) in [5.74, 6) is 0.270. The van der Waals surface area contributed by atoms with Crippen LogP contribution >= 0.6 is 11.8 Å². The van der Waals surface area contributed by atoms with Gasteiger partial charge in [-0.15, -0.1) is 11.8 Å². The average molecular weight is 305 g/mol. The number of hydrogen-bond acceptors (Lipinski definition) is 4. The Hall–Kier alpha value is -2.00. The molecule has 0 aliphatic carbocycles. The van der Waals surface area contributed by atoms with E-state index in [1.165, 1.54) is 16.7 Å². The Bertz CT molecular complexity index is 540. The van der Waals surface area contributed by atoms with Crippen molar-refractivity contribution in [2.75, 3.05) is 30.4 Å². The third-order valence-electron chi connectivity index (χ3n) is 2.75. The highest BCUT2D eigenvalue weighted by molar-refractivity contribution is 8.00. The Morgan fingerprint density at radius 3 is 2.81 bits per heavy atom. The van der Waals surface area contributed by atoms with E-state index in [1.54, 1.807) is 7.05 Å². The lowest BCUT2D eigenvalue weighted by Gasteiger charge is -2.14. The zero-order valence-corrected chi connectivity index (χ0v) is 13.1. The normalized spacial score (nSPS) is 9.76. The summed E-state index contributed by atoms with van der Waals surface area (Å²) in [6.07, 6.45) is 0.320. The molecule has 0 radical (unpaired) electrons. The second-order valence-electron chi connectivity index (χ2n) is 4.63. The van der Waals surface area contributed by atoms with Crippen LogP contribution in [-0.2, 0) is 9.59 Å². The van der Waals surface area contributed by atoms with E-state index in [4.69, 9.17) is 5.26 Å². The fourth-order valence-electron chi connectivity index (χ4n) is 1.60. The molecule has 1 N–H and O–H groups in total. The van der Waals surface area contributed by atoms with E-state index in [0.717, 1.165) is 11.3 Å². The summed E-state index contributed by atoms with van der Waals surface area (Å²) in [7, 11) is 1.66. The van der Waals surface area contributed by atoms with Gasteiger partial charge >= 0.3 is 0 Å². The number of benzene rings is 1. The van der Waals surface area contributed by atoms with Gasteiger partial charge in [0, 0.05) is 19.3 Å². The molecule has 1 rings (SSSR count). The van der Waals surface area contributed by atoms with Crippen molar-refractivity contribution in [2.24, 2.45) is 0 Å². The van der Waals surface area contributed by atoms with Crippen LogP contribution in [0.5, 0.6) is 0 Å². The van der Waals surface area contributed by atoms with Gasteiger partial charge in [0.15, 0.2) is 0 Å². The monoisotopic (exact) mass is 305 g/mol. The molecular formula is C15H19N3O2S. The van der Waals surface area contributed by atoms with Crippen LogP contribution in [0.4, 0.5) is 5.69 Å². The highest BCUT2D eigenvalue weighted by Gasteiger charge is 2.10. The van der Waals surface area contributed by atoms with E-state index in [0.29, 0.717) is 13.0 Å².